The number of hydrogen-bond acceptors (Lipinski definition) is 5. The molecule has 0 saturated carbocycles. The van der Waals surface area contributed by atoms with Gasteiger partial charge in [0.2, 0.25) is 0 Å². The van der Waals surface area contributed by atoms with Gasteiger partial charge in [0.15, 0.2) is 0 Å². The predicted molar refractivity (Wildman–Crippen MR) is 104 cm³/mol. The molecule has 1 aromatic rings. The lowest BCUT2D eigenvalue weighted by Crippen LogP contribution is -2.56. The minimum absolute atomic E-state index is 0.0307. The fourth-order valence-corrected chi connectivity index (χ4v) is 4.84. The van der Waals surface area contributed by atoms with Gasteiger partial charge in [0.25, 0.3) is 0 Å². The Balaban J connectivity index is 1.89. The first-order valence-electron chi connectivity index (χ1n) is 8.98. The zero-order chi connectivity index (χ0) is 20.9. The first-order valence-corrected chi connectivity index (χ1v) is 10.8. The van der Waals surface area contributed by atoms with Crippen molar-refractivity contribution in [2.24, 2.45) is 0 Å². The standard InChI is InChI=1S/C18H25F3N2O3S2/c1-17(2,3)23(16(25)26-10-12-28-14-5-4-11-27-14)13-6-8-22(9-7-13)15(24)18(19,20)21/h4-5,11,13H,6-10,12H2,1-3H3. The number of piperidine rings is 1. The van der Waals surface area contributed by atoms with Gasteiger partial charge in [-0.25, -0.2) is 4.79 Å². The second-order valence-electron chi connectivity index (χ2n) is 7.46. The Labute approximate surface area is 171 Å². The number of halogens is 3. The van der Waals surface area contributed by atoms with Crippen molar-refractivity contribution in [2.75, 3.05) is 25.4 Å². The summed E-state index contributed by atoms with van der Waals surface area (Å²) in [6.07, 6.45) is -4.76. The first kappa shape index (κ1) is 22.9. The number of thiophene rings is 1. The van der Waals surface area contributed by atoms with Gasteiger partial charge < -0.3 is 14.5 Å². The molecule has 0 unspecified atom stereocenters. The van der Waals surface area contributed by atoms with Crippen molar-refractivity contribution in [1.82, 2.24) is 9.80 Å². The van der Waals surface area contributed by atoms with Crippen LogP contribution in [0.15, 0.2) is 21.7 Å². The summed E-state index contributed by atoms with van der Waals surface area (Å²) in [6.45, 7) is 5.78. The SMILES string of the molecule is CC(C)(C)N(C(=O)OCCSc1cccs1)C1CCN(C(=O)C(F)(F)F)CC1. The number of carbonyl (C=O) groups excluding carboxylic acids is 2. The molecule has 2 amide bonds. The van der Waals surface area contributed by atoms with E-state index in [1.54, 1.807) is 28.0 Å². The van der Waals surface area contributed by atoms with Crippen LogP contribution in [-0.2, 0) is 9.53 Å². The molecule has 0 spiro atoms. The van der Waals surface area contributed by atoms with Crippen molar-refractivity contribution in [2.45, 2.75) is 55.6 Å². The summed E-state index contributed by atoms with van der Waals surface area (Å²) in [7, 11) is 0. The third kappa shape index (κ3) is 6.30. The highest BCUT2D eigenvalue weighted by atomic mass is 32.2. The zero-order valence-corrected chi connectivity index (χ0v) is 17.8. The molecular formula is C18H25F3N2O3S2. The van der Waals surface area contributed by atoms with Crippen LogP contribution < -0.4 is 0 Å². The van der Waals surface area contributed by atoms with E-state index in [1.807, 2.05) is 38.3 Å². The summed E-state index contributed by atoms with van der Waals surface area (Å²) in [5.41, 5.74) is -0.543. The fraction of sp³-hybridized carbons (Fsp3) is 0.667. The largest absolute Gasteiger partial charge is 0.471 e. The van der Waals surface area contributed by atoms with Crippen LogP contribution in [0, 0.1) is 0 Å². The minimum Gasteiger partial charge on any atom is -0.449 e. The van der Waals surface area contributed by atoms with E-state index < -0.39 is 23.7 Å². The second-order valence-corrected chi connectivity index (χ2v) is 9.80. The van der Waals surface area contributed by atoms with Crippen molar-refractivity contribution in [3.05, 3.63) is 17.5 Å². The molecule has 2 heterocycles. The number of alkyl halides is 3. The van der Waals surface area contributed by atoms with Crippen molar-refractivity contribution in [3.8, 4) is 0 Å². The van der Waals surface area contributed by atoms with Crippen LogP contribution in [-0.4, -0.2) is 65.0 Å². The average Bonchev–Trinajstić information content (AvgIpc) is 3.10. The number of likely N-dealkylation sites (tertiary alicyclic amines) is 1. The molecule has 0 atom stereocenters. The van der Waals surface area contributed by atoms with Crippen LogP contribution in [0.3, 0.4) is 0 Å². The molecule has 1 aromatic heterocycles. The number of nitrogens with zero attached hydrogens (tertiary/aromatic N) is 2. The van der Waals surface area contributed by atoms with Crippen LogP contribution in [0.4, 0.5) is 18.0 Å². The van der Waals surface area contributed by atoms with Gasteiger partial charge in [0.1, 0.15) is 6.61 Å². The quantitative estimate of drug-likeness (QED) is 0.497. The summed E-state index contributed by atoms with van der Waals surface area (Å²) in [5.74, 6) is -1.19. The third-order valence-corrected chi connectivity index (χ3v) is 6.42. The van der Waals surface area contributed by atoms with E-state index >= 15 is 0 Å². The lowest BCUT2D eigenvalue weighted by Gasteiger charge is -2.44. The van der Waals surface area contributed by atoms with Crippen LogP contribution in [0.5, 0.6) is 0 Å². The van der Waals surface area contributed by atoms with Crippen LogP contribution in [0.1, 0.15) is 33.6 Å². The molecule has 28 heavy (non-hydrogen) atoms. The topological polar surface area (TPSA) is 49.9 Å². The van der Waals surface area contributed by atoms with E-state index in [4.69, 9.17) is 4.74 Å². The van der Waals surface area contributed by atoms with Gasteiger partial charge in [-0.3, -0.25) is 4.79 Å². The van der Waals surface area contributed by atoms with E-state index in [9.17, 15) is 22.8 Å². The summed E-state index contributed by atoms with van der Waals surface area (Å²) in [5, 5.41) is 1.98. The first-order chi connectivity index (χ1) is 13.0. The highest BCUT2D eigenvalue weighted by Gasteiger charge is 2.44. The monoisotopic (exact) mass is 438 g/mol. The van der Waals surface area contributed by atoms with Crippen LogP contribution in [0.25, 0.3) is 0 Å². The number of hydrogen-bond donors (Lipinski definition) is 0. The Bertz CT molecular complexity index is 652. The molecular weight excluding hydrogens is 413 g/mol. The Hall–Kier alpha value is -1.42. The van der Waals surface area contributed by atoms with Crippen molar-refractivity contribution in [1.29, 1.82) is 0 Å². The summed E-state index contributed by atoms with van der Waals surface area (Å²) in [4.78, 5) is 26.5. The minimum atomic E-state index is -4.87. The molecule has 5 nitrogen and oxygen atoms in total. The molecule has 0 aromatic carbocycles. The second kappa shape index (κ2) is 9.39. The molecule has 0 N–H and O–H groups in total. The Morgan fingerprint density at radius 3 is 2.43 bits per heavy atom. The molecule has 0 bridgehead atoms. The third-order valence-electron chi connectivity index (χ3n) is 4.33. The molecule has 0 radical (unpaired) electrons. The maximum atomic E-state index is 12.7. The highest BCUT2D eigenvalue weighted by molar-refractivity contribution is 8.01. The molecule has 1 fully saturated rings. The van der Waals surface area contributed by atoms with E-state index in [1.165, 1.54) is 0 Å². The van der Waals surface area contributed by atoms with Crippen molar-refractivity contribution >= 4 is 35.1 Å². The van der Waals surface area contributed by atoms with Crippen molar-refractivity contribution in [3.63, 3.8) is 0 Å². The number of ether oxygens (including phenoxy) is 1. The molecule has 2 rings (SSSR count). The van der Waals surface area contributed by atoms with Gasteiger partial charge in [-0.1, -0.05) is 6.07 Å². The molecule has 0 aliphatic carbocycles. The predicted octanol–water partition coefficient (Wildman–Crippen LogP) is 4.63. The van der Waals surface area contributed by atoms with Gasteiger partial charge >= 0.3 is 18.2 Å². The van der Waals surface area contributed by atoms with Gasteiger partial charge in [-0.2, -0.15) is 13.2 Å². The molecule has 158 valence electrons. The maximum Gasteiger partial charge on any atom is 0.471 e. The number of carbonyl (C=O) groups is 2. The van der Waals surface area contributed by atoms with E-state index in [2.05, 4.69) is 0 Å². The normalized spacial score (nSPS) is 16.1. The van der Waals surface area contributed by atoms with Gasteiger partial charge in [-0.05, 0) is 45.1 Å². The summed E-state index contributed by atoms with van der Waals surface area (Å²) >= 11 is 3.22. The smallest absolute Gasteiger partial charge is 0.449 e. The molecule has 1 aliphatic heterocycles. The Morgan fingerprint density at radius 1 is 1.29 bits per heavy atom. The Morgan fingerprint density at radius 2 is 1.93 bits per heavy atom. The van der Waals surface area contributed by atoms with Gasteiger partial charge in [0, 0.05) is 30.4 Å². The summed E-state index contributed by atoms with van der Waals surface area (Å²) in [6, 6.07) is 3.68. The molecule has 10 heteroatoms. The van der Waals surface area contributed by atoms with Gasteiger partial charge in [-0.15, -0.1) is 23.1 Å². The average molecular weight is 439 g/mol. The lowest BCUT2D eigenvalue weighted by atomic mass is 9.97. The van der Waals surface area contributed by atoms with E-state index in [0.29, 0.717) is 5.75 Å². The molecule has 1 aliphatic rings. The van der Waals surface area contributed by atoms with E-state index in [0.717, 1.165) is 9.11 Å². The number of thioether (sulfide) groups is 1. The maximum absolute atomic E-state index is 12.7. The van der Waals surface area contributed by atoms with Gasteiger partial charge in [0.05, 0.1) is 4.21 Å². The molecule has 1 saturated heterocycles. The van der Waals surface area contributed by atoms with Crippen LogP contribution in [0.2, 0.25) is 0 Å². The number of rotatable bonds is 5. The Kier molecular flexibility index (Phi) is 7.66. The van der Waals surface area contributed by atoms with Crippen LogP contribution >= 0.6 is 23.1 Å². The fourth-order valence-electron chi connectivity index (χ4n) is 3.16. The zero-order valence-electron chi connectivity index (χ0n) is 16.1. The number of amides is 2. The van der Waals surface area contributed by atoms with Crippen molar-refractivity contribution < 1.29 is 27.5 Å². The van der Waals surface area contributed by atoms with E-state index in [-0.39, 0.29) is 38.6 Å². The summed E-state index contributed by atoms with van der Waals surface area (Å²) < 4.78 is 44.4. The lowest BCUT2D eigenvalue weighted by molar-refractivity contribution is -0.186. The highest BCUT2D eigenvalue weighted by Crippen LogP contribution is 2.28.